The molecule has 8 nitrogen and oxygen atoms in total. The monoisotopic (exact) mass is 354 g/mol. The molecule has 0 aliphatic rings. The zero-order valence-electron chi connectivity index (χ0n) is 13.5. The number of amides is 2. The van der Waals surface area contributed by atoms with Crippen molar-refractivity contribution in [3.63, 3.8) is 0 Å². The summed E-state index contributed by atoms with van der Waals surface area (Å²) in [5.41, 5.74) is 1.34. The van der Waals surface area contributed by atoms with Crippen molar-refractivity contribution in [3.05, 3.63) is 71.8 Å². The Bertz CT molecular complexity index is 749. The van der Waals surface area contributed by atoms with Gasteiger partial charge in [0.1, 0.15) is 13.2 Å². The highest BCUT2D eigenvalue weighted by Crippen LogP contribution is 2.02. The van der Waals surface area contributed by atoms with E-state index in [1.807, 2.05) is 0 Å². The summed E-state index contributed by atoms with van der Waals surface area (Å²) in [5, 5.41) is 5.75. The fraction of sp³-hybridized carbons (Fsp3) is 0.111. The number of hydrogen-bond donors (Lipinski definition) is 0. The van der Waals surface area contributed by atoms with Crippen molar-refractivity contribution in [3.8, 4) is 0 Å². The molecule has 0 N–H and O–H groups in total. The SMILES string of the molecule is O=C(/N=N/C(=O)C(=O)OCc1ccccc1)C(=O)OCc1ccccc1. The number of hydrogen-bond acceptors (Lipinski definition) is 6. The lowest BCUT2D eigenvalue weighted by atomic mass is 10.2. The zero-order valence-corrected chi connectivity index (χ0v) is 13.5. The summed E-state index contributed by atoms with van der Waals surface area (Å²) in [5.74, 6) is -5.37. The van der Waals surface area contributed by atoms with E-state index in [1.54, 1.807) is 60.7 Å². The van der Waals surface area contributed by atoms with Crippen LogP contribution in [0.1, 0.15) is 11.1 Å². The number of benzene rings is 2. The minimum Gasteiger partial charge on any atom is -0.454 e. The minimum absolute atomic E-state index is 0.131. The fourth-order valence-corrected chi connectivity index (χ4v) is 1.74. The van der Waals surface area contributed by atoms with Crippen LogP contribution in [-0.2, 0) is 41.9 Å². The molecule has 0 bridgehead atoms. The maximum Gasteiger partial charge on any atom is 0.401 e. The number of rotatable bonds is 4. The molecular formula is C18H14N2O6. The lowest BCUT2D eigenvalue weighted by Crippen LogP contribution is -2.17. The molecule has 0 atom stereocenters. The molecule has 0 fully saturated rings. The van der Waals surface area contributed by atoms with Crippen LogP contribution in [0.2, 0.25) is 0 Å². The molecule has 2 amide bonds. The van der Waals surface area contributed by atoms with E-state index < -0.39 is 23.8 Å². The highest BCUT2D eigenvalue weighted by atomic mass is 16.5. The Hall–Kier alpha value is -3.68. The second-order valence-corrected chi connectivity index (χ2v) is 4.93. The number of ether oxygens (including phenoxy) is 2. The van der Waals surface area contributed by atoms with Gasteiger partial charge in [0.15, 0.2) is 0 Å². The summed E-state index contributed by atoms with van der Waals surface area (Å²) in [6.45, 7) is -0.262. The molecule has 2 rings (SSSR count). The molecule has 0 aliphatic carbocycles. The fourth-order valence-electron chi connectivity index (χ4n) is 1.74. The predicted molar refractivity (Wildman–Crippen MR) is 87.3 cm³/mol. The van der Waals surface area contributed by atoms with Crippen molar-refractivity contribution in [1.82, 2.24) is 0 Å². The first-order valence-electron chi connectivity index (χ1n) is 7.48. The van der Waals surface area contributed by atoms with Gasteiger partial charge in [-0.15, -0.1) is 0 Å². The Balaban J connectivity index is 1.77. The van der Waals surface area contributed by atoms with Crippen molar-refractivity contribution in [2.45, 2.75) is 13.2 Å². The van der Waals surface area contributed by atoms with Crippen molar-refractivity contribution in [1.29, 1.82) is 0 Å². The highest BCUT2D eigenvalue weighted by molar-refractivity contribution is 6.35. The molecule has 0 spiro atoms. The van der Waals surface area contributed by atoms with Gasteiger partial charge in [-0.25, -0.2) is 9.59 Å². The largest absolute Gasteiger partial charge is 0.454 e. The molecule has 26 heavy (non-hydrogen) atoms. The van der Waals surface area contributed by atoms with E-state index in [0.717, 1.165) is 0 Å². The number of carbonyl (C=O) groups excluding carboxylic acids is 4. The molecular weight excluding hydrogens is 340 g/mol. The van der Waals surface area contributed by atoms with Gasteiger partial charge in [-0.3, -0.25) is 9.59 Å². The van der Waals surface area contributed by atoms with Gasteiger partial charge < -0.3 is 9.47 Å². The van der Waals surface area contributed by atoms with Gasteiger partial charge in [-0.05, 0) is 11.1 Å². The third-order valence-electron chi connectivity index (χ3n) is 3.01. The normalized spacial score (nSPS) is 10.3. The Labute approximate surface area is 148 Å². The maximum atomic E-state index is 11.5. The van der Waals surface area contributed by atoms with Crippen LogP contribution in [0.15, 0.2) is 70.9 Å². The van der Waals surface area contributed by atoms with Crippen LogP contribution >= 0.6 is 0 Å². The molecule has 8 heteroatoms. The molecule has 0 aromatic heterocycles. The van der Waals surface area contributed by atoms with Crippen LogP contribution in [0, 0.1) is 0 Å². The van der Waals surface area contributed by atoms with E-state index in [1.165, 1.54) is 0 Å². The second-order valence-electron chi connectivity index (χ2n) is 4.93. The summed E-state index contributed by atoms with van der Waals surface area (Å²) in [7, 11) is 0. The van der Waals surface area contributed by atoms with Crippen LogP contribution in [0.3, 0.4) is 0 Å². The summed E-state index contributed by atoms with van der Waals surface area (Å²) in [4.78, 5) is 45.8. The lowest BCUT2D eigenvalue weighted by Gasteiger charge is -2.02. The average molecular weight is 354 g/mol. The van der Waals surface area contributed by atoms with Crippen LogP contribution in [0.4, 0.5) is 0 Å². The topological polar surface area (TPSA) is 111 Å². The molecule has 0 unspecified atom stereocenters. The van der Waals surface area contributed by atoms with Gasteiger partial charge >= 0.3 is 23.8 Å². The van der Waals surface area contributed by atoms with Crippen molar-refractivity contribution in [2.75, 3.05) is 0 Å². The molecule has 0 saturated carbocycles. The Morgan fingerprint density at radius 3 is 1.31 bits per heavy atom. The van der Waals surface area contributed by atoms with Gasteiger partial charge in [-0.2, -0.15) is 0 Å². The number of nitrogens with zero attached hydrogens (tertiary/aromatic N) is 2. The molecule has 2 aromatic carbocycles. The van der Waals surface area contributed by atoms with Gasteiger partial charge in [0, 0.05) is 0 Å². The van der Waals surface area contributed by atoms with E-state index in [0.29, 0.717) is 11.1 Å². The van der Waals surface area contributed by atoms with Gasteiger partial charge in [0.05, 0.1) is 0 Å². The van der Waals surface area contributed by atoms with Crippen LogP contribution < -0.4 is 0 Å². The molecule has 0 heterocycles. The average Bonchev–Trinajstić information content (AvgIpc) is 2.69. The molecule has 0 radical (unpaired) electrons. The zero-order chi connectivity index (χ0) is 18.8. The van der Waals surface area contributed by atoms with Gasteiger partial charge in [0.2, 0.25) is 0 Å². The van der Waals surface area contributed by atoms with E-state index in [9.17, 15) is 19.2 Å². The number of azo groups is 1. The first-order valence-corrected chi connectivity index (χ1v) is 7.48. The number of esters is 2. The third-order valence-corrected chi connectivity index (χ3v) is 3.01. The standard InChI is InChI=1S/C18H14N2O6/c21-15(17(23)25-11-13-7-3-1-4-8-13)19-20-16(22)18(24)26-12-14-9-5-2-6-10-14/h1-10H,11-12H2/b20-19+. The quantitative estimate of drug-likeness (QED) is 0.471. The van der Waals surface area contributed by atoms with E-state index in [4.69, 9.17) is 9.47 Å². The van der Waals surface area contributed by atoms with Gasteiger partial charge in [-0.1, -0.05) is 70.9 Å². The molecule has 0 aliphatic heterocycles. The smallest absolute Gasteiger partial charge is 0.401 e. The van der Waals surface area contributed by atoms with E-state index >= 15 is 0 Å². The lowest BCUT2D eigenvalue weighted by molar-refractivity contribution is -0.156. The predicted octanol–water partition coefficient (Wildman–Crippen LogP) is 1.98. The van der Waals surface area contributed by atoms with E-state index in [-0.39, 0.29) is 13.2 Å². The second kappa shape index (κ2) is 9.58. The maximum absolute atomic E-state index is 11.5. The molecule has 0 saturated heterocycles. The highest BCUT2D eigenvalue weighted by Gasteiger charge is 2.19. The summed E-state index contributed by atoms with van der Waals surface area (Å²) >= 11 is 0. The Morgan fingerprint density at radius 2 is 0.962 bits per heavy atom. The first-order chi connectivity index (χ1) is 12.6. The van der Waals surface area contributed by atoms with Crippen molar-refractivity contribution in [2.24, 2.45) is 10.2 Å². The summed E-state index contributed by atoms with van der Waals surface area (Å²) in [6.07, 6.45) is 0. The number of carbonyl (C=O) groups is 4. The third kappa shape index (κ3) is 6.08. The molecule has 132 valence electrons. The van der Waals surface area contributed by atoms with Crippen LogP contribution in [0.5, 0.6) is 0 Å². The van der Waals surface area contributed by atoms with Gasteiger partial charge in [0.25, 0.3) is 0 Å². The van der Waals surface area contributed by atoms with Crippen LogP contribution in [0.25, 0.3) is 0 Å². The van der Waals surface area contributed by atoms with Crippen molar-refractivity contribution < 1.29 is 28.7 Å². The van der Waals surface area contributed by atoms with Crippen molar-refractivity contribution >= 4 is 23.8 Å². The summed E-state index contributed by atoms with van der Waals surface area (Å²) < 4.78 is 9.44. The first kappa shape index (κ1) is 18.7. The summed E-state index contributed by atoms with van der Waals surface area (Å²) in [6, 6.07) is 17.3. The molecule has 2 aromatic rings. The Kier molecular flexibility index (Phi) is 6.87. The minimum atomic E-state index is -1.40. The Morgan fingerprint density at radius 1 is 0.615 bits per heavy atom. The van der Waals surface area contributed by atoms with E-state index in [2.05, 4.69) is 10.2 Å². The van der Waals surface area contributed by atoms with Crippen LogP contribution in [-0.4, -0.2) is 23.8 Å².